The summed E-state index contributed by atoms with van der Waals surface area (Å²) in [7, 11) is 0. The first kappa shape index (κ1) is 20.5. The van der Waals surface area contributed by atoms with Crippen molar-refractivity contribution in [1.82, 2.24) is 5.01 Å². The van der Waals surface area contributed by atoms with E-state index in [9.17, 15) is 4.39 Å². The summed E-state index contributed by atoms with van der Waals surface area (Å²) < 4.78 is 26.0. The average molecular weight is 451 g/mol. The van der Waals surface area contributed by atoms with Crippen LogP contribution in [0, 0.1) is 5.82 Å². The summed E-state index contributed by atoms with van der Waals surface area (Å²) in [6.07, 6.45) is 0.338. The Morgan fingerprint density at radius 2 is 1.68 bits per heavy atom. The highest BCUT2D eigenvalue weighted by molar-refractivity contribution is 6.01. The fourth-order valence-electron chi connectivity index (χ4n) is 4.57. The molecule has 4 nitrogen and oxygen atoms in total. The molecule has 0 aliphatic carbocycles. The number of fused-ring (bicyclic) bond motifs is 3. The second-order valence-electron chi connectivity index (χ2n) is 8.51. The highest BCUT2D eigenvalue weighted by Gasteiger charge is 2.40. The van der Waals surface area contributed by atoms with Gasteiger partial charge in [0.1, 0.15) is 23.9 Å². The minimum atomic E-state index is -0.391. The Morgan fingerprint density at radius 3 is 2.53 bits per heavy atom. The Labute approximate surface area is 197 Å². The van der Waals surface area contributed by atoms with E-state index in [0.717, 1.165) is 45.9 Å². The number of rotatable bonds is 5. The van der Waals surface area contributed by atoms with E-state index in [1.54, 1.807) is 12.1 Å². The molecule has 2 heterocycles. The van der Waals surface area contributed by atoms with E-state index in [4.69, 9.17) is 14.6 Å². The zero-order valence-corrected chi connectivity index (χ0v) is 18.5. The summed E-state index contributed by atoms with van der Waals surface area (Å²) >= 11 is 0. The van der Waals surface area contributed by atoms with Gasteiger partial charge in [0.15, 0.2) is 0 Å². The topological polar surface area (TPSA) is 34.1 Å². The molecule has 0 aromatic heterocycles. The van der Waals surface area contributed by atoms with Crippen LogP contribution in [-0.4, -0.2) is 10.7 Å². The molecule has 0 fully saturated rings. The minimum absolute atomic E-state index is 0.0453. The Morgan fingerprint density at radius 1 is 0.882 bits per heavy atom. The van der Waals surface area contributed by atoms with Crippen LogP contribution in [-0.2, 0) is 6.61 Å². The number of hydrazone groups is 1. The predicted octanol–water partition coefficient (Wildman–Crippen LogP) is 6.65. The third-order valence-corrected chi connectivity index (χ3v) is 6.27. The predicted molar refractivity (Wildman–Crippen MR) is 129 cm³/mol. The van der Waals surface area contributed by atoms with E-state index in [1.165, 1.54) is 12.1 Å². The first-order valence-electron chi connectivity index (χ1n) is 11.4. The van der Waals surface area contributed by atoms with Gasteiger partial charge in [-0.3, -0.25) is 0 Å². The minimum Gasteiger partial charge on any atom is -0.489 e. The highest BCUT2D eigenvalue weighted by Crippen LogP contribution is 2.47. The van der Waals surface area contributed by atoms with Crippen LogP contribution in [0.1, 0.15) is 40.9 Å². The largest absolute Gasteiger partial charge is 0.489 e. The molecule has 4 aromatic carbocycles. The van der Waals surface area contributed by atoms with Crippen molar-refractivity contribution >= 4 is 5.71 Å². The summed E-state index contributed by atoms with van der Waals surface area (Å²) in [4.78, 5) is 0. The average Bonchev–Trinajstić information content (AvgIpc) is 3.34. The zero-order valence-electron chi connectivity index (χ0n) is 18.5. The number of para-hydroxylation sites is 1. The molecule has 0 bridgehead atoms. The van der Waals surface area contributed by atoms with E-state index < -0.39 is 6.23 Å². The lowest BCUT2D eigenvalue weighted by molar-refractivity contribution is -0.0191. The van der Waals surface area contributed by atoms with Crippen molar-refractivity contribution in [3.63, 3.8) is 0 Å². The summed E-state index contributed by atoms with van der Waals surface area (Å²) in [5.41, 5.74) is 5.04. The third-order valence-electron chi connectivity index (χ3n) is 6.27. The molecule has 0 saturated carbocycles. The lowest BCUT2D eigenvalue weighted by Crippen LogP contribution is -2.33. The Kier molecular flexibility index (Phi) is 5.22. The fraction of sp³-hybridized carbons (Fsp3) is 0.138. The van der Waals surface area contributed by atoms with Crippen molar-refractivity contribution in [2.75, 3.05) is 0 Å². The normalized spacial score (nSPS) is 18.5. The van der Waals surface area contributed by atoms with Crippen molar-refractivity contribution in [2.24, 2.45) is 5.10 Å². The maximum Gasteiger partial charge on any atom is 0.214 e. The number of hydrogen-bond acceptors (Lipinski definition) is 4. The van der Waals surface area contributed by atoms with Crippen LogP contribution in [0.4, 0.5) is 4.39 Å². The van der Waals surface area contributed by atoms with Crippen molar-refractivity contribution < 1.29 is 13.9 Å². The van der Waals surface area contributed by atoms with Gasteiger partial charge in [-0.25, -0.2) is 9.40 Å². The van der Waals surface area contributed by atoms with Crippen molar-refractivity contribution in [3.05, 3.63) is 131 Å². The van der Waals surface area contributed by atoms with Crippen LogP contribution >= 0.6 is 0 Å². The molecule has 0 amide bonds. The van der Waals surface area contributed by atoms with Gasteiger partial charge in [-0.05, 0) is 41.5 Å². The fourth-order valence-corrected chi connectivity index (χ4v) is 4.57. The van der Waals surface area contributed by atoms with Gasteiger partial charge in [-0.15, -0.1) is 0 Å². The number of hydrogen-bond donors (Lipinski definition) is 0. The van der Waals surface area contributed by atoms with Crippen molar-refractivity contribution in [1.29, 1.82) is 0 Å². The molecule has 5 heteroatoms. The van der Waals surface area contributed by atoms with Gasteiger partial charge < -0.3 is 9.47 Å². The van der Waals surface area contributed by atoms with Crippen LogP contribution in [0.3, 0.4) is 0 Å². The molecule has 0 saturated heterocycles. The molecular weight excluding hydrogens is 427 g/mol. The summed E-state index contributed by atoms with van der Waals surface area (Å²) in [6.45, 7) is 0.498. The van der Waals surface area contributed by atoms with E-state index in [1.807, 2.05) is 77.8 Å². The molecule has 0 unspecified atom stereocenters. The molecule has 4 aromatic rings. The quantitative estimate of drug-likeness (QED) is 0.342. The molecule has 168 valence electrons. The maximum atomic E-state index is 13.5. The van der Waals surface area contributed by atoms with Gasteiger partial charge in [0.05, 0.1) is 11.8 Å². The van der Waals surface area contributed by atoms with Gasteiger partial charge in [-0.2, -0.15) is 5.10 Å². The molecule has 0 spiro atoms. The second kappa shape index (κ2) is 8.67. The summed E-state index contributed by atoms with van der Waals surface area (Å²) in [6, 6.07) is 32.8. The third kappa shape index (κ3) is 3.90. The number of halogens is 1. The zero-order chi connectivity index (χ0) is 22.9. The first-order valence-corrected chi connectivity index (χ1v) is 11.4. The molecule has 0 radical (unpaired) electrons. The smallest absolute Gasteiger partial charge is 0.214 e. The Hall–Kier alpha value is -4.12. The summed E-state index contributed by atoms with van der Waals surface area (Å²) in [5, 5.41) is 6.98. The van der Waals surface area contributed by atoms with E-state index >= 15 is 0 Å². The van der Waals surface area contributed by atoms with Crippen molar-refractivity contribution in [3.8, 4) is 11.5 Å². The highest BCUT2D eigenvalue weighted by atomic mass is 19.1. The SMILES string of the molecule is Fc1ccc(C2=NN3[C@H](C2)c2ccccc2O[C@H]3c2cccc(OCc3ccccc3)c2)cc1. The van der Waals surface area contributed by atoms with Crippen LogP contribution in [0.15, 0.2) is 108 Å². The monoisotopic (exact) mass is 450 g/mol. The summed E-state index contributed by atoms with van der Waals surface area (Å²) in [5.74, 6) is 1.39. The van der Waals surface area contributed by atoms with E-state index in [0.29, 0.717) is 6.61 Å². The van der Waals surface area contributed by atoms with E-state index in [-0.39, 0.29) is 11.9 Å². The van der Waals surface area contributed by atoms with Crippen LogP contribution in [0.25, 0.3) is 0 Å². The van der Waals surface area contributed by atoms with Crippen LogP contribution in [0.2, 0.25) is 0 Å². The standard InChI is InChI=1S/C29H23FN2O2/c30-23-15-13-21(14-16-23)26-18-27-25-11-4-5-12-28(25)34-29(32(27)31-26)22-9-6-10-24(17-22)33-19-20-7-2-1-3-8-20/h1-17,27,29H,18-19H2/t27-,29+/m1/s1. The van der Waals surface area contributed by atoms with Gasteiger partial charge in [0.25, 0.3) is 0 Å². The molecule has 2 aliphatic rings. The maximum absolute atomic E-state index is 13.5. The van der Waals surface area contributed by atoms with Crippen LogP contribution < -0.4 is 9.47 Å². The first-order chi connectivity index (χ1) is 16.7. The van der Waals surface area contributed by atoms with Crippen molar-refractivity contribution in [2.45, 2.75) is 25.3 Å². The van der Waals surface area contributed by atoms with Gasteiger partial charge in [0.2, 0.25) is 6.23 Å². The van der Waals surface area contributed by atoms with Gasteiger partial charge in [-0.1, -0.05) is 72.8 Å². The lowest BCUT2D eigenvalue weighted by atomic mass is 9.96. The molecule has 0 N–H and O–H groups in total. The second-order valence-corrected chi connectivity index (χ2v) is 8.51. The van der Waals surface area contributed by atoms with Crippen LogP contribution in [0.5, 0.6) is 11.5 Å². The van der Waals surface area contributed by atoms with Gasteiger partial charge in [0, 0.05) is 17.5 Å². The molecule has 2 aliphatic heterocycles. The number of nitrogens with zero attached hydrogens (tertiary/aromatic N) is 2. The number of benzene rings is 4. The van der Waals surface area contributed by atoms with Gasteiger partial charge >= 0.3 is 0 Å². The Bertz CT molecular complexity index is 1340. The van der Waals surface area contributed by atoms with E-state index in [2.05, 4.69) is 6.07 Å². The molecule has 2 atom stereocenters. The molecule has 6 rings (SSSR count). The molecular formula is C29H23FN2O2. The lowest BCUT2D eigenvalue weighted by Gasteiger charge is -2.38. The Balaban J connectivity index is 1.32. The molecule has 34 heavy (non-hydrogen) atoms. The number of ether oxygens (including phenoxy) is 2.